The number of alkyl halides is 3. The molecule has 1 aliphatic carbocycles. The van der Waals surface area contributed by atoms with Crippen LogP contribution in [0.25, 0.3) is 0 Å². The number of oxime groups is 1. The van der Waals surface area contributed by atoms with Gasteiger partial charge in [0, 0.05) is 30.6 Å². The van der Waals surface area contributed by atoms with E-state index >= 15 is 0 Å². The molecule has 3 N–H and O–H groups in total. The monoisotopic (exact) mass is 580 g/mol. The number of amides is 1. The second-order valence-corrected chi connectivity index (χ2v) is 10.9. The van der Waals surface area contributed by atoms with E-state index in [0.717, 1.165) is 16.5 Å². The van der Waals surface area contributed by atoms with Gasteiger partial charge >= 0.3 is 6.18 Å². The zero-order valence-electron chi connectivity index (χ0n) is 18.9. The van der Waals surface area contributed by atoms with E-state index in [1.54, 1.807) is 6.92 Å². The molecule has 198 valence electrons. The van der Waals surface area contributed by atoms with Crippen LogP contribution in [-0.4, -0.2) is 55.3 Å². The van der Waals surface area contributed by atoms with E-state index < -0.39 is 61.8 Å². The van der Waals surface area contributed by atoms with Gasteiger partial charge in [0.2, 0.25) is 0 Å². The molecule has 0 saturated carbocycles. The zero-order chi connectivity index (χ0) is 27.3. The molecule has 1 unspecified atom stereocenters. The number of benzene rings is 1. The molecular formula is C22H18Cl2F4N4O4S. The van der Waals surface area contributed by atoms with E-state index in [1.807, 2.05) is 5.73 Å². The minimum atomic E-state index is -4.99. The molecule has 0 spiro atoms. The Balaban J connectivity index is 1.54. The van der Waals surface area contributed by atoms with Gasteiger partial charge in [-0.1, -0.05) is 40.2 Å². The van der Waals surface area contributed by atoms with Crippen LogP contribution in [0.15, 0.2) is 62.7 Å². The summed E-state index contributed by atoms with van der Waals surface area (Å²) in [7, 11) is -3.83. The highest BCUT2D eigenvalue weighted by molar-refractivity contribution is 7.86. The van der Waals surface area contributed by atoms with E-state index in [1.165, 1.54) is 18.2 Å². The molecule has 1 aromatic rings. The summed E-state index contributed by atoms with van der Waals surface area (Å²) in [6.07, 6.45) is -4.14. The van der Waals surface area contributed by atoms with Gasteiger partial charge in [-0.3, -0.25) is 4.79 Å². The van der Waals surface area contributed by atoms with Gasteiger partial charge < -0.3 is 10.2 Å². The third kappa shape index (κ3) is 5.33. The summed E-state index contributed by atoms with van der Waals surface area (Å²) in [5, 5.41) is 10.3. The smallest absolute Gasteiger partial charge is 0.374 e. The predicted molar refractivity (Wildman–Crippen MR) is 128 cm³/mol. The fourth-order valence-corrected chi connectivity index (χ4v) is 5.11. The normalized spacial score (nSPS) is 23.1. The van der Waals surface area contributed by atoms with Crippen molar-refractivity contribution in [2.24, 2.45) is 10.3 Å². The van der Waals surface area contributed by atoms with Gasteiger partial charge in [0.15, 0.2) is 5.83 Å². The Hall–Kier alpha value is -2.67. The van der Waals surface area contributed by atoms with Gasteiger partial charge in [-0.2, -0.15) is 30.3 Å². The zero-order valence-corrected chi connectivity index (χ0v) is 21.2. The number of hydrogen-bond acceptors (Lipinski definition) is 5. The van der Waals surface area contributed by atoms with Gasteiger partial charge in [0.05, 0.1) is 21.8 Å². The second-order valence-electron chi connectivity index (χ2n) is 8.57. The Bertz CT molecular complexity index is 1440. The number of carbonyl (C=O) groups excluding carboxylic acids is 1. The van der Waals surface area contributed by atoms with Crippen LogP contribution in [0.1, 0.15) is 27.9 Å². The first-order valence-electron chi connectivity index (χ1n) is 10.5. The largest absolute Gasteiger partial charge is 0.435 e. The molecule has 8 nitrogen and oxygen atoms in total. The van der Waals surface area contributed by atoms with Crippen molar-refractivity contribution in [3.8, 4) is 0 Å². The third-order valence-electron chi connectivity index (χ3n) is 6.00. The molecule has 1 atom stereocenters. The molecule has 0 aromatic heterocycles. The van der Waals surface area contributed by atoms with E-state index in [9.17, 15) is 30.8 Å². The molecule has 1 fully saturated rings. The van der Waals surface area contributed by atoms with Crippen molar-refractivity contribution in [2.75, 3.05) is 13.1 Å². The van der Waals surface area contributed by atoms with Crippen LogP contribution >= 0.6 is 23.2 Å². The summed E-state index contributed by atoms with van der Waals surface area (Å²) in [5.74, 6) is -1.62. The highest BCUT2D eigenvalue weighted by atomic mass is 35.5. The van der Waals surface area contributed by atoms with Crippen LogP contribution < -0.4 is 10.5 Å². The summed E-state index contributed by atoms with van der Waals surface area (Å²) in [5.41, 5.74) is -0.659. The van der Waals surface area contributed by atoms with E-state index in [-0.39, 0.29) is 29.9 Å². The van der Waals surface area contributed by atoms with Crippen molar-refractivity contribution in [3.05, 3.63) is 74.2 Å². The molecule has 4 rings (SSSR count). The summed E-state index contributed by atoms with van der Waals surface area (Å²) in [4.78, 5) is 17.6. The number of nitrogens with two attached hydrogens (primary N) is 1. The first-order chi connectivity index (χ1) is 17.1. The summed E-state index contributed by atoms with van der Waals surface area (Å²) < 4.78 is 80.3. The predicted octanol–water partition coefficient (Wildman–Crippen LogP) is 3.68. The molecule has 37 heavy (non-hydrogen) atoms. The third-order valence-corrected chi connectivity index (χ3v) is 7.50. The first-order valence-corrected chi connectivity index (χ1v) is 12.8. The average molecular weight is 581 g/mol. The lowest BCUT2D eigenvalue weighted by atomic mass is 9.85. The highest BCUT2D eigenvalue weighted by Gasteiger charge is 2.63. The van der Waals surface area contributed by atoms with Crippen LogP contribution in [0, 0.1) is 6.92 Å². The van der Waals surface area contributed by atoms with Crippen LogP contribution in [0.3, 0.4) is 0 Å². The maximum Gasteiger partial charge on any atom is 0.435 e. The number of hydrogen-bond donors (Lipinski definition) is 2. The number of allylic oxidation sites excluding steroid dienone is 3. The highest BCUT2D eigenvalue weighted by Crippen LogP contribution is 2.48. The van der Waals surface area contributed by atoms with Crippen LogP contribution in [-0.2, 0) is 15.0 Å². The lowest BCUT2D eigenvalue weighted by molar-refractivity contribution is -0.251. The summed E-state index contributed by atoms with van der Waals surface area (Å²) >= 11 is 11.6. The topological polar surface area (TPSA) is 114 Å². The van der Waals surface area contributed by atoms with Gasteiger partial charge in [0.1, 0.15) is 0 Å². The molecule has 15 heteroatoms. The number of halogens is 6. The minimum absolute atomic E-state index is 0.0301. The molecule has 3 aliphatic rings. The van der Waals surface area contributed by atoms with Crippen molar-refractivity contribution in [1.82, 2.24) is 9.62 Å². The van der Waals surface area contributed by atoms with E-state index in [4.69, 9.17) is 33.2 Å². The van der Waals surface area contributed by atoms with E-state index in [0.29, 0.717) is 5.56 Å². The fraction of sp³-hybridized carbons (Fsp3) is 0.318. The van der Waals surface area contributed by atoms with Crippen LogP contribution in [0.5, 0.6) is 0 Å². The Morgan fingerprint density at radius 2 is 1.97 bits per heavy atom. The standard InChI is InChI=1S/C22H18Cl2F4N4O4S/c1-11-4-12(2-3-16(11)20(33)30-15-9-32(10-15)37(29,34)35)19-8-21(36-31-19,22(26,27)28)13-5-14(23)7-18(25)17(24)6-13/h2-6,15H,8-10H2,1H3,(H,30,33)(H2,29,34,35). The average Bonchev–Trinajstić information content (AvgIpc) is 3.16. The second kappa shape index (κ2) is 9.57. The Morgan fingerprint density at radius 3 is 2.57 bits per heavy atom. The molecule has 1 saturated heterocycles. The van der Waals surface area contributed by atoms with Gasteiger partial charge in [-0.15, -0.1) is 0 Å². The Kier molecular flexibility index (Phi) is 7.08. The first kappa shape index (κ1) is 27.4. The summed E-state index contributed by atoms with van der Waals surface area (Å²) in [6.45, 7) is 1.64. The molecule has 0 radical (unpaired) electrons. The maximum absolute atomic E-state index is 14.3. The van der Waals surface area contributed by atoms with Gasteiger partial charge in [-0.05, 0) is 42.3 Å². The molecule has 2 heterocycles. The quantitative estimate of drug-likeness (QED) is 0.408. The molecular weight excluding hydrogens is 563 g/mol. The van der Waals surface area contributed by atoms with Crippen molar-refractivity contribution in [1.29, 1.82) is 0 Å². The number of carbonyl (C=O) groups is 1. The van der Waals surface area contributed by atoms with Crippen LogP contribution in [0.4, 0.5) is 17.6 Å². The van der Waals surface area contributed by atoms with Gasteiger partial charge in [0.25, 0.3) is 21.7 Å². The van der Waals surface area contributed by atoms with E-state index in [2.05, 4.69) is 10.5 Å². The SMILES string of the molecule is Cc1cc(C2=NOC(C3=CC(Cl)=C=C(F)C(Cl)=C3)(C(F)(F)F)C2)ccc1C(=O)NC1CN(S(N)(=O)=O)C1. The van der Waals surface area contributed by atoms with Crippen LogP contribution in [0.2, 0.25) is 0 Å². The Morgan fingerprint density at radius 1 is 1.30 bits per heavy atom. The molecule has 0 bridgehead atoms. The summed E-state index contributed by atoms with van der Waals surface area (Å²) in [6, 6.07) is 3.86. The van der Waals surface area contributed by atoms with Crippen molar-refractivity contribution >= 4 is 45.0 Å². The lowest BCUT2D eigenvalue weighted by Crippen LogP contribution is -2.62. The van der Waals surface area contributed by atoms with Gasteiger partial charge in [-0.25, -0.2) is 5.14 Å². The number of rotatable bonds is 5. The molecule has 1 aromatic carbocycles. The number of nitrogens with one attached hydrogen (secondary N) is 1. The lowest BCUT2D eigenvalue weighted by Gasteiger charge is -2.37. The molecule has 2 aliphatic heterocycles. The maximum atomic E-state index is 14.3. The minimum Gasteiger partial charge on any atom is -0.374 e. The Labute approximate surface area is 218 Å². The van der Waals surface area contributed by atoms with Crippen molar-refractivity contribution in [2.45, 2.75) is 31.2 Å². The van der Waals surface area contributed by atoms with Crippen molar-refractivity contribution in [3.63, 3.8) is 0 Å². The molecule has 1 amide bonds. The number of aryl methyl sites for hydroxylation is 1. The van der Waals surface area contributed by atoms with Crippen molar-refractivity contribution < 1.29 is 35.6 Å². The fourth-order valence-electron chi connectivity index (χ4n) is 3.97. The number of nitrogens with zero attached hydrogens (tertiary/aromatic N) is 2.